The molecule has 3 aromatic rings. The topological polar surface area (TPSA) is 103 Å². The lowest BCUT2D eigenvalue weighted by Crippen LogP contribution is -2.32. The van der Waals surface area contributed by atoms with E-state index in [4.69, 9.17) is 10.1 Å². The summed E-state index contributed by atoms with van der Waals surface area (Å²) in [6.45, 7) is 6.35. The van der Waals surface area contributed by atoms with Crippen LogP contribution < -0.4 is 14.5 Å². The van der Waals surface area contributed by atoms with Gasteiger partial charge in [-0.2, -0.15) is 9.61 Å². The Morgan fingerprint density at radius 2 is 1.81 bits per heavy atom. The summed E-state index contributed by atoms with van der Waals surface area (Å²) in [7, 11) is 0.0392. The number of sulfonamides is 1. The third-order valence-electron chi connectivity index (χ3n) is 7.33. The van der Waals surface area contributed by atoms with Gasteiger partial charge in [0.05, 0.1) is 28.7 Å². The molecule has 198 valence electrons. The Morgan fingerprint density at radius 1 is 1.05 bits per heavy atom. The van der Waals surface area contributed by atoms with Crippen LogP contribution in [-0.2, 0) is 10.0 Å². The van der Waals surface area contributed by atoms with E-state index < -0.39 is 10.0 Å². The molecule has 1 N–H and O–H groups in total. The van der Waals surface area contributed by atoms with Crippen molar-refractivity contribution in [2.75, 3.05) is 54.0 Å². The minimum atomic E-state index is -3.66. The Bertz CT molecular complexity index is 1430. The van der Waals surface area contributed by atoms with Crippen LogP contribution in [0.15, 0.2) is 30.3 Å². The molecule has 1 atom stereocenters. The molecule has 1 amide bonds. The first-order valence-corrected chi connectivity index (χ1v) is 14.6. The second-order valence-electron chi connectivity index (χ2n) is 10.1. The molecule has 1 aromatic carbocycles. The fraction of sp³-hybridized carbons (Fsp3) is 0.500. The normalized spacial score (nSPS) is 20.6. The summed E-state index contributed by atoms with van der Waals surface area (Å²) in [5.74, 6) is 1.42. The molecule has 10 nitrogen and oxygen atoms in total. The predicted molar refractivity (Wildman–Crippen MR) is 146 cm³/mol. The van der Waals surface area contributed by atoms with E-state index in [0.717, 1.165) is 54.5 Å². The van der Waals surface area contributed by atoms with E-state index in [0.29, 0.717) is 30.6 Å². The summed E-state index contributed by atoms with van der Waals surface area (Å²) in [6.07, 6.45) is 3.33. The molecule has 0 spiro atoms. The van der Waals surface area contributed by atoms with E-state index in [-0.39, 0.29) is 17.7 Å². The van der Waals surface area contributed by atoms with E-state index in [9.17, 15) is 13.2 Å². The molecule has 0 radical (unpaired) electrons. The van der Waals surface area contributed by atoms with Gasteiger partial charge in [0.2, 0.25) is 10.0 Å². The van der Waals surface area contributed by atoms with E-state index in [1.165, 1.54) is 0 Å². The Balaban J connectivity index is 1.65. The quantitative estimate of drug-likeness (QED) is 0.547. The van der Waals surface area contributed by atoms with Crippen LogP contribution in [0.1, 0.15) is 60.3 Å². The SMILES string of the molecule is CCC1c2cc3nc(N4CCCC4)cc(n3n2)N(C)CCCS(=O)(=O)Nc2ccc(C)cc2C(=O)N1C. The number of hydrogen-bond donors (Lipinski definition) is 1. The van der Waals surface area contributed by atoms with E-state index in [1.807, 2.05) is 42.4 Å². The lowest BCUT2D eigenvalue weighted by molar-refractivity contribution is 0.0723. The highest BCUT2D eigenvalue weighted by Gasteiger charge is 2.28. The first-order chi connectivity index (χ1) is 17.7. The van der Waals surface area contributed by atoms with Gasteiger partial charge in [-0.3, -0.25) is 9.52 Å². The second kappa shape index (κ2) is 9.85. The lowest BCUT2D eigenvalue weighted by Gasteiger charge is -2.27. The van der Waals surface area contributed by atoms with Gasteiger partial charge in [0.15, 0.2) is 5.65 Å². The van der Waals surface area contributed by atoms with Crippen molar-refractivity contribution in [3.05, 3.63) is 47.2 Å². The number of nitrogens with zero attached hydrogens (tertiary/aromatic N) is 6. The van der Waals surface area contributed by atoms with Crippen molar-refractivity contribution in [3.63, 3.8) is 0 Å². The molecular formula is C26H35N7O3S. The molecule has 0 saturated carbocycles. The van der Waals surface area contributed by atoms with Crippen molar-refractivity contribution in [1.82, 2.24) is 19.5 Å². The number of hydrogen-bond acceptors (Lipinski definition) is 7. The average Bonchev–Trinajstić information content (AvgIpc) is 3.54. The van der Waals surface area contributed by atoms with Gasteiger partial charge >= 0.3 is 0 Å². The number of rotatable bonds is 2. The van der Waals surface area contributed by atoms with Crippen LogP contribution in [-0.4, -0.2) is 73.3 Å². The number of aryl methyl sites for hydroxylation is 1. The van der Waals surface area contributed by atoms with E-state index in [2.05, 4.69) is 9.62 Å². The zero-order valence-corrected chi connectivity index (χ0v) is 22.8. The number of anilines is 3. The van der Waals surface area contributed by atoms with Gasteiger partial charge in [-0.15, -0.1) is 0 Å². The molecule has 2 aromatic heterocycles. The van der Waals surface area contributed by atoms with Gasteiger partial charge in [-0.1, -0.05) is 18.6 Å². The lowest BCUT2D eigenvalue weighted by atomic mass is 10.1. The van der Waals surface area contributed by atoms with Crippen molar-refractivity contribution < 1.29 is 13.2 Å². The largest absolute Gasteiger partial charge is 0.359 e. The molecule has 5 rings (SSSR count). The van der Waals surface area contributed by atoms with Gasteiger partial charge in [-0.25, -0.2) is 13.4 Å². The fourth-order valence-corrected chi connectivity index (χ4v) is 6.39. The van der Waals surface area contributed by atoms with Crippen LogP contribution in [0.3, 0.4) is 0 Å². The summed E-state index contributed by atoms with van der Waals surface area (Å²) < 4.78 is 30.5. The van der Waals surface area contributed by atoms with Gasteiger partial charge < -0.3 is 14.7 Å². The van der Waals surface area contributed by atoms with Gasteiger partial charge in [0.25, 0.3) is 5.91 Å². The highest BCUT2D eigenvalue weighted by molar-refractivity contribution is 7.92. The van der Waals surface area contributed by atoms with Gasteiger partial charge in [0, 0.05) is 45.9 Å². The van der Waals surface area contributed by atoms with Gasteiger partial charge in [-0.05, 0) is 44.7 Å². The number of carbonyl (C=O) groups is 1. The van der Waals surface area contributed by atoms with Crippen LogP contribution in [0.25, 0.3) is 5.65 Å². The Labute approximate surface area is 218 Å². The molecule has 2 aliphatic rings. The van der Waals surface area contributed by atoms with Crippen LogP contribution in [0.2, 0.25) is 0 Å². The van der Waals surface area contributed by atoms with Crippen LogP contribution in [0, 0.1) is 6.92 Å². The molecule has 1 fully saturated rings. The van der Waals surface area contributed by atoms with Gasteiger partial charge in [0.1, 0.15) is 11.6 Å². The molecule has 0 aliphatic carbocycles. The maximum Gasteiger partial charge on any atom is 0.256 e. The maximum absolute atomic E-state index is 13.7. The molecular weight excluding hydrogens is 490 g/mol. The zero-order chi connectivity index (χ0) is 26.3. The van der Waals surface area contributed by atoms with Crippen molar-refractivity contribution in [1.29, 1.82) is 0 Å². The minimum absolute atomic E-state index is 0.0656. The van der Waals surface area contributed by atoms with Crippen LogP contribution in [0.5, 0.6) is 0 Å². The van der Waals surface area contributed by atoms with Crippen molar-refractivity contribution in [2.45, 2.75) is 45.6 Å². The fourth-order valence-electron chi connectivity index (χ4n) is 5.27. The van der Waals surface area contributed by atoms with Crippen molar-refractivity contribution in [2.24, 2.45) is 0 Å². The summed E-state index contributed by atoms with van der Waals surface area (Å²) in [6, 6.07) is 8.91. The maximum atomic E-state index is 13.7. The third kappa shape index (κ3) is 4.96. The number of carbonyl (C=O) groups excluding carboxylic acids is 1. The highest BCUT2D eigenvalue weighted by atomic mass is 32.2. The monoisotopic (exact) mass is 525 g/mol. The summed E-state index contributed by atoms with van der Waals surface area (Å²) in [5, 5.41) is 4.93. The zero-order valence-electron chi connectivity index (χ0n) is 21.9. The summed E-state index contributed by atoms with van der Waals surface area (Å²) in [5.41, 5.74) is 2.98. The standard InChI is InChI=1S/C26H35N7O3S/c1-5-22-21-16-24-27-23(32-12-6-7-13-32)17-25(33(24)28-21)30(3)11-8-14-37(35,36)29-20-10-9-18(2)15-19(20)26(34)31(22)4/h9-10,15-17,22,29H,5-8,11-14H2,1-4H3. The Hall–Kier alpha value is -3.34. The second-order valence-corrected chi connectivity index (χ2v) is 11.9. The first kappa shape index (κ1) is 25.3. The summed E-state index contributed by atoms with van der Waals surface area (Å²) >= 11 is 0. The molecule has 2 aliphatic heterocycles. The van der Waals surface area contributed by atoms with Crippen molar-refractivity contribution in [3.8, 4) is 0 Å². The smallest absolute Gasteiger partial charge is 0.256 e. The molecule has 2 bridgehead atoms. The van der Waals surface area contributed by atoms with Crippen LogP contribution in [0.4, 0.5) is 17.3 Å². The summed E-state index contributed by atoms with van der Waals surface area (Å²) in [4.78, 5) is 24.6. The number of nitrogens with one attached hydrogen (secondary N) is 1. The van der Waals surface area contributed by atoms with E-state index >= 15 is 0 Å². The molecule has 1 saturated heterocycles. The third-order valence-corrected chi connectivity index (χ3v) is 8.69. The predicted octanol–water partition coefficient (Wildman–Crippen LogP) is 3.44. The Morgan fingerprint density at radius 3 is 2.54 bits per heavy atom. The number of amides is 1. The molecule has 4 heterocycles. The van der Waals surface area contributed by atoms with Crippen molar-refractivity contribution >= 4 is 38.9 Å². The number of aromatic nitrogens is 3. The molecule has 1 unspecified atom stereocenters. The molecule has 11 heteroatoms. The number of fused-ring (bicyclic) bond motifs is 2. The average molecular weight is 526 g/mol. The van der Waals surface area contributed by atoms with Crippen LogP contribution >= 0.6 is 0 Å². The highest BCUT2D eigenvalue weighted by Crippen LogP contribution is 2.31. The molecule has 37 heavy (non-hydrogen) atoms. The minimum Gasteiger partial charge on any atom is -0.359 e. The first-order valence-electron chi connectivity index (χ1n) is 12.9. The number of benzene rings is 1. The Kier molecular flexibility index (Phi) is 6.74. The van der Waals surface area contributed by atoms with E-state index in [1.54, 1.807) is 30.1 Å².